The van der Waals surface area contributed by atoms with Crippen LogP contribution in [0.1, 0.15) is 25.5 Å². The lowest BCUT2D eigenvalue weighted by Gasteiger charge is -2.22. The van der Waals surface area contributed by atoms with Crippen LogP contribution in [0, 0.1) is 12.8 Å². The molecule has 0 aliphatic carbocycles. The van der Waals surface area contributed by atoms with E-state index in [9.17, 15) is 18.3 Å². The van der Waals surface area contributed by atoms with E-state index in [0.717, 1.165) is 23.2 Å². The highest BCUT2D eigenvalue weighted by Crippen LogP contribution is 2.36. The van der Waals surface area contributed by atoms with Crippen LogP contribution in [0.25, 0.3) is 20.8 Å². The van der Waals surface area contributed by atoms with Crippen molar-refractivity contribution in [1.29, 1.82) is 0 Å². The number of para-hydroxylation sites is 1. The van der Waals surface area contributed by atoms with Crippen LogP contribution in [0.4, 0.5) is 24.9 Å². The Labute approximate surface area is 188 Å². The van der Waals surface area contributed by atoms with Crippen molar-refractivity contribution in [3.63, 3.8) is 0 Å². The highest BCUT2D eigenvalue weighted by atomic mass is 32.1. The van der Waals surface area contributed by atoms with Crippen molar-refractivity contribution >= 4 is 33.3 Å². The van der Waals surface area contributed by atoms with E-state index in [1.807, 2.05) is 38.2 Å². The summed E-state index contributed by atoms with van der Waals surface area (Å²) in [5.74, 6) is 0.300. The molecule has 2 atom stereocenters. The molecule has 0 radical (unpaired) electrons. The number of hydrogen-bond donors (Lipinski definition) is 4. The van der Waals surface area contributed by atoms with Gasteiger partial charge in [0.1, 0.15) is 23.6 Å². The molecule has 0 saturated carbocycles. The summed E-state index contributed by atoms with van der Waals surface area (Å²) in [4.78, 5) is 13.1. The van der Waals surface area contributed by atoms with E-state index in [-0.39, 0.29) is 17.7 Å². The molecule has 0 fully saturated rings. The van der Waals surface area contributed by atoms with Crippen LogP contribution >= 0.6 is 11.3 Å². The van der Waals surface area contributed by atoms with Crippen LogP contribution in [0.5, 0.6) is 0 Å². The molecule has 1 aromatic carbocycles. The Morgan fingerprint density at radius 1 is 1.16 bits per heavy atom. The summed E-state index contributed by atoms with van der Waals surface area (Å²) >= 11 is 1.43. The third-order valence-electron chi connectivity index (χ3n) is 4.97. The first-order valence-electron chi connectivity index (χ1n) is 10.3. The molecule has 2 unspecified atom stereocenters. The minimum Gasteiger partial charge on any atom is -0.374 e. The molecule has 0 aliphatic heterocycles. The molecule has 11 heteroatoms. The average Bonchev–Trinajstić information content (AvgIpc) is 3.14. The molecule has 174 valence electrons. The largest absolute Gasteiger partial charge is 0.405 e. The van der Waals surface area contributed by atoms with Crippen molar-refractivity contribution in [2.24, 2.45) is 5.92 Å². The van der Waals surface area contributed by atoms with Crippen LogP contribution < -0.4 is 16.0 Å². The SMILES string of the molecule is CCC(CNC)CC(O)Nc1nc(NCC(F)(F)F)nc(C)c1-c1nc2ccccc2s1. The van der Waals surface area contributed by atoms with Gasteiger partial charge in [-0.25, -0.2) is 9.97 Å². The Hall–Kier alpha value is -2.50. The zero-order chi connectivity index (χ0) is 23.3. The van der Waals surface area contributed by atoms with Gasteiger partial charge in [0.15, 0.2) is 0 Å². The van der Waals surface area contributed by atoms with E-state index in [4.69, 9.17) is 0 Å². The van der Waals surface area contributed by atoms with Crippen LogP contribution in [-0.2, 0) is 0 Å². The van der Waals surface area contributed by atoms with Crippen LogP contribution in [0.2, 0.25) is 0 Å². The van der Waals surface area contributed by atoms with Crippen molar-refractivity contribution in [3.05, 3.63) is 30.0 Å². The summed E-state index contributed by atoms with van der Waals surface area (Å²) in [6.07, 6.45) is -4.03. The lowest BCUT2D eigenvalue weighted by molar-refractivity contribution is -0.115. The fraction of sp³-hybridized carbons (Fsp3) is 0.476. The minimum absolute atomic E-state index is 0.165. The molecule has 0 spiro atoms. The van der Waals surface area contributed by atoms with E-state index < -0.39 is 18.9 Å². The molecule has 2 aromatic heterocycles. The van der Waals surface area contributed by atoms with Gasteiger partial charge in [-0.3, -0.25) is 0 Å². The lowest BCUT2D eigenvalue weighted by Crippen LogP contribution is -2.28. The van der Waals surface area contributed by atoms with Gasteiger partial charge in [0.25, 0.3) is 0 Å². The molecular weight excluding hydrogens is 441 g/mol. The first-order valence-corrected chi connectivity index (χ1v) is 11.2. The number of thiazole rings is 1. The van der Waals surface area contributed by atoms with Crippen molar-refractivity contribution < 1.29 is 18.3 Å². The summed E-state index contributed by atoms with van der Waals surface area (Å²) < 4.78 is 39.0. The number of benzene rings is 1. The zero-order valence-corrected chi connectivity index (χ0v) is 18.9. The number of aliphatic hydroxyl groups is 1. The molecule has 3 aromatic rings. The van der Waals surface area contributed by atoms with Gasteiger partial charge in [-0.1, -0.05) is 25.5 Å². The Morgan fingerprint density at radius 2 is 1.91 bits per heavy atom. The minimum atomic E-state index is -4.41. The molecule has 0 saturated heterocycles. The van der Waals surface area contributed by atoms with Crippen LogP contribution in [-0.4, -0.2) is 52.6 Å². The third kappa shape index (κ3) is 6.27. The standard InChI is InChI=1S/C21H27F3N6OS/c1-4-13(10-25-3)9-16(31)29-18-17(19-28-14-7-5-6-8-15(14)32-19)12(2)27-20(30-18)26-11-21(22,23)24/h5-8,13,16,25,31H,4,9-11H2,1-3H3,(H2,26,27,29,30). The molecule has 0 aliphatic rings. The summed E-state index contributed by atoms with van der Waals surface area (Å²) in [6, 6.07) is 7.62. The number of aliphatic hydroxyl groups excluding tert-OH is 1. The number of nitrogens with one attached hydrogen (secondary N) is 3. The van der Waals surface area contributed by atoms with Gasteiger partial charge in [0, 0.05) is 0 Å². The van der Waals surface area contributed by atoms with Crippen LogP contribution in [0.3, 0.4) is 0 Å². The van der Waals surface area contributed by atoms with Crippen molar-refractivity contribution in [2.45, 2.75) is 39.1 Å². The molecule has 4 N–H and O–H groups in total. The smallest absolute Gasteiger partial charge is 0.374 e. The van der Waals surface area contributed by atoms with Crippen molar-refractivity contribution in [1.82, 2.24) is 20.3 Å². The first-order chi connectivity index (χ1) is 15.2. The number of alkyl halides is 3. The second-order valence-electron chi connectivity index (χ2n) is 7.54. The van der Waals surface area contributed by atoms with Gasteiger partial charge in [-0.2, -0.15) is 18.2 Å². The molecule has 3 rings (SSSR count). The van der Waals surface area contributed by atoms with Crippen molar-refractivity contribution in [2.75, 3.05) is 30.8 Å². The Kier molecular flexibility index (Phi) is 7.86. The zero-order valence-electron chi connectivity index (χ0n) is 18.1. The maximum atomic E-state index is 12.7. The van der Waals surface area contributed by atoms with E-state index in [1.165, 1.54) is 11.3 Å². The number of anilines is 2. The van der Waals surface area contributed by atoms with Gasteiger partial charge < -0.3 is 21.1 Å². The highest BCUT2D eigenvalue weighted by Gasteiger charge is 2.28. The second kappa shape index (κ2) is 10.4. The molecular formula is C21H27F3N6OS. The summed E-state index contributed by atoms with van der Waals surface area (Å²) in [7, 11) is 1.85. The number of fused-ring (bicyclic) bond motifs is 1. The quantitative estimate of drug-likeness (QED) is 0.328. The summed E-state index contributed by atoms with van der Waals surface area (Å²) in [5, 5.41) is 19.6. The molecule has 0 bridgehead atoms. The highest BCUT2D eigenvalue weighted by molar-refractivity contribution is 7.21. The van der Waals surface area contributed by atoms with Crippen molar-refractivity contribution in [3.8, 4) is 10.6 Å². The normalized spacial score (nSPS) is 13.8. The Bertz CT molecular complexity index is 1010. The number of halogens is 3. The molecule has 0 amide bonds. The molecule has 32 heavy (non-hydrogen) atoms. The van der Waals surface area contributed by atoms with E-state index in [1.54, 1.807) is 6.92 Å². The average molecular weight is 469 g/mol. The van der Waals surface area contributed by atoms with Gasteiger partial charge in [0.05, 0.1) is 21.5 Å². The van der Waals surface area contributed by atoms with E-state index >= 15 is 0 Å². The van der Waals surface area contributed by atoms with Gasteiger partial charge in [-0.05, 0) is 45.0 Å². The summed E-state index contributed by atoms with van der Waals surface area (Å²) in [6.45, 7) is 3.21. The Balaban J connectivity index is 1.96. The second-order valence-corrected chi connectivity index (χ2v) is 8.57. The van der Waals surface area contributed by atoms with E-state index in [2.05, 4.69) is 30.9 Å². The fourth-order valence-electron chi connectivity index (χ4n) is 3.39. The van der Waals surface area contributed by atoms with Gasteiger partial charge in [-0.15, -0.1) is 11.3 Å². The lowest BCUT2D eigenvalue weighted by atomic mass is 10.0. The Morgan fingerprint density at radius 3 is 2.56 bits per heavy atom. The number of hydrogen-bond acceptors (Lipinski definition) is 8. The first kappa shape index (κ1) is 24.1. The van der Waals surface area contributed by atoms with E-state index in [0.29, 0.717) is 22.7 Å². The molecule has 2 heterocycles. The third-order valence-corrected chi connectivity index (χ3v) is 6.03. The molecule has 7 nitrogen and oxygen atoms in total. The summed E-state index contributed by atoms with van der Waals surface area (Å²) in [5.41, 5.74) is 1.82. The van der Waals surface area contributed by atoms with Gasteiger partial charge >= 0.3 is 6.18 Å². The number of aryl methyl sites for hydroxylation is 1. The maximum Gasteiger partial charge on any atom is 0.405 e. The monoisotopic (exact) mass is 468 g/mol. The van der Waals surface area contributed by atoms with Crippen LogP contribution in [0.15, 0.2) is 24.3 Å². The number of rotatable bonds is 10. The maximum absolute atomic E-state index is 12.7. The fourth-order valence-corrected chi connectivity index (χ4v) is 4.45. The predicted molar refractivity (Wildman–Crippen MR) is 122 cm³/mol. The van der Waals surface area contributed by atoms with Gasteiger partial charge in [0.2, 0.25) is 5.95 Å². The topological polar surface area (TPSA) is 95.0 Å². The predicted octanol–water partition coefficient (Wildman–Crippen LogP) is 4.40. The number of nitrogens with zero attached hydrogens (tertiary/aromatic N) is 3. The number of aromatic nitrogens is 3.